The zero-order valence-corrected chi connectivity index (χ0v) is 6.89. The molecule has 1 rings (SSSR count). The van der Waals surface area contributed by atoms with E-state index in [1.54, 1.807) is 0 Å². The van der Waals surface area contributed by atoms with Gasteiger partial charge in [0.05, 0.1) is 12.6 Å². The van der Waals surface area contributed by atoms with Crippen molar-refractivity contribution in [1.82, 2.24) is 0 Å². The van der Waals surface area contributed by atoms with Crippen molar-refractivity contribution in [3.63, 3.8) is 0 Å². The van der Waals surface area contributed by atoms with Gasteiger partial charge in [0.15, 0.2) is 0 Å². The van der Waals surface area contributed by atoms with Crippen LogP contribution in [0.2, 0.25) is 0 Å². The van der Waals surface area contributed by atoms with Crippen LogP contribution in [-0.4, -0.2) is 31.0 Å². The van der Waals surface area contributed by atoms with Gasteiger partial charge in [-0.1, -0.05) is 5.11 Å². The maximum atomic E-state index is 8.89. The van der Waals surface area contributed by atoms with Gasteiger partial charge in [0.2, 0.25) is 0 Å². The molecule has 0 radical (unpaired) electrons. The number of aliphatic hydroxyl groups is 1. The van der Waals surface area contributed by atoms with Crippen molar-refractivity contribution >= 4 is 0 Å². The van der Waals surface area contributed by atoms with Gasteiger partial charge in [0, 0.05) is 18.1 Å². The predicted molar refractivity (Wildman–Crippen MR) is 43.6 cm³/mol. The Hall–Kier alpha value is -0.770. The first-order valence-electron chi connectivity index (χ1n) is 4.11. The Labute approximate surface area is 71.0 Å². The second kappa shape index (κ2) is 4.98. The minimum atomic E-state index is -0.310. The number of nitrogens with zero attached hydrogens (tertiary/aromatic N) is 3. The van der Waals surface area contributed by atoms with Crippen LogP contribution in [0.5, 0.6) is 0 Å². The van der Waals surface area contributed by atoms with Crippen LogP contribution in [0.25, 0.3) is 10.4 Å². The smallest absolute Gasteiger partial charge is 0.0655 e. The molecule has 1 N–H and O–H groups in total. The summed E-state index contributed by atoms with van der Waals surface area (Å²) in [5, 5.41) is 12.4. The molecule has 0 aromatic carbocycles. The van der Waals surface area contributed by atoms with Crippen LogP contribution in [0.3, 0.4) is 0 Å². The van der Waals surface area contributed by atoms with Gasteiger partial charge >= 0.3 is 0 Å². The number of hydrogen-bond acceptors (Lipinski definition) is 3. The topological polar surface area (TPSA) is 78.2 Å². The molecule has 0 bridgehead atoms. The molecule has 0 saturated carbocycles. The summed E-state index contributed by atoms with van der Waals surface area (Å²) < 4.78 is 5.22. The van der Waals surface area contributed by atoms with Crippen LogP contribution >= 0.6 is 0 Å². The standard InChI is InChI=1S/C7H13N3O2/c8-10-9-7(4-11)6-2-1-3-12-5-6/h6-7,11H,1-5H2. The number of azide groups is 1. The van der Waals surface area contributed by atoms with Gasteiger partial charge in [-0.2, -0.15) is 0 Å². The lowest BCUT2D eigenvalue weighted by Crippen LogP contribution is -2.30. The molecule has 0 aromatic heterocycles. The van der Waals surface area contributed by atoms with E-state index in [9.17, 15) is 0 Å². The highest BCUT2D eigenvalue weighted by molar-refractivity contribution is 4.77. The molecular formula is C7H13N3O2. The number of ether oxygens (including phenoxy) is 1. The van der Waals surface area contributed by atoms with Crippen molar-refractivity contribution in [3.05, 3.63) is 10.4 Å². The maximum Gasteiger partial charge on any atom is 0.0655 e. The van der Waals surface area contributed by atoms with Crippen molar-refractivity contribution in [2.45, 2.75) is 18.9 Å². The molecule has 1 heterocycles. The Morgan fingerprint density at radius 2 is 2.58 bits per heavy atom. The third kappa shape index (κ3) is 2.37. The largest absolute Gasteiger partial charge is 0.396 e. The second-order valence-corrected chi connectivity index (χ2v) is 2.93. The quantitative estimate of drug-likeness (QED) is 0.392. The van der Waals surface area contributed by atoms with E-state index >= 15 is 0 Å². The van der Waals surface area contributed by atoms with Crippen molar-refractivity contribution in [1.29, 1.82) is 0 Å². The summed E-state index contributed by atoms with van der Waals surface area (Å²) in [6.45, 7) is 1.30. The van der Waals surface area contributed by atoms with E-state index in [-0.39, 0.29) is 18.6 Å². The lowest BCUT2D eigenvalue weighted by molar-refractivity contribution is 0.0358. The molecule has 1 aliphatic rings. The van der Waals surface area contributed by atoms with Crippen LogP contribution in [0, 0.1) is 5.92 Å². The van der Waals surface area contributed by atoms with E-state index in [2.05, 4.69) is 10.0 Å². The molecule has 0 amide bonds. The Bertz CT molecular complexity index is 173. The van der Waals surface area contributed by atoms with Crippen LogP contribution in [0.15, 0.2) is 5.11 Å². The van der Waals surface area contributed by atoms with Gasteiger partial charge in [-0.15, -0.1) is 0 Å². The van der Waals surface area contributed by atoms with Gasteiger partial charge in [-0.25, -0.2) is 0 Å². The fourth-order valence-corrected chi connectivity index (χ4v) is 1.42. The van der Waals surface area contributed by atoms with Crippen molar-refractivity contribution in [3.8, 4) is 0 Å². The molecule has 0 spiro atoms. The van der Waals surface area contributed by atoms with Gasteiger partial charge in [-0.05, 0) is 24.3 Å². The highest BCUT2D eigenvalue weighted by atomic mass is 16.5. The molecular weight excluding hydrogens is 158 g/mol. The van der Waals surface area contributed by atoms with Gasteiger partial charge < -0.3 is 9.84 Å². The van der Waals surface area contributed by atoms with Crippen LogP contribution in [-0.2, 0) is 4.74 Å². The van der Waals surface area contributed by atoms with E-state index < -0.39 is 0 Å². The van der Waals surface area contributed by atoms with Gasteiger partial charge in [0.1, 0.15) is 0 Å². The van der Waals surface area contributed by atoms with E-state index in [4.69, 9.17) is 15.4 Å². The van der Waals surface area contributed by atoms with E-state index in [1.165, 1.54) is 0 Å². The molecule has 2 atom stereocenters. The minimum absolute atomic E-state index is 0.0852. The first kappa shape index (κ1) is 9.32. The minimum Gasteiger partial charge on any atom is -0.396 e. The summed E-state index contributed by atoms with van der Waals surface area (Å²) in [6, 6.07) is -0.310. The van der Waals surface area contributed by atoms with Crippen molar-refractivity contribution in [2.24, 2.45) is 11.0 Å². The Kier molecular flexibility index (Phi) is 3.87. The summed E-state index contributed by atoms with van der Waals surface area (Å²) in [6.07, 6.45) is 1.96. The van der Waals surface area contributed by atoms with E-state index in [1.807, 2.05) is 0 Å². The third-order valence-electron chi connectivity index (χ3n) is 2.13. The van der Waals surface area contributed by atoms with Crippen molar-refractivity contribution in [2.75, 3.05) is 19.8 Å². The lowest BCUT2D eigenvalue weighted by atomic mass is 9.95. The zero-order valence-electron chi connectivity index (χ0n) is 6.89. The number of rotatable bonds is 3. The average molecular weight is 171 g/mol. The molecule has 5 nitrogen and oxygen atoms in total. The summed E-state index contributed by atoms with van der Waals surface area (Å²) in [4.78, 5) is 2.69. The molecule has 0 aliphatic carbocycles. The summed E-state index contributed by atoms with van der Waals surface area (Å²) >= 11 is 0. The molecule has 1 aliphatic heterocycles. The molecule has 12 heavy (non-hydrogen) atoms. The van der Waals surface area contributed by atoms with E-state index in [0.717, 1.165) is 19.4 Å². The third-order valence-corrected chi connectivity index (χ3v) is 2.13. The first-order chi connectivity index (χ1) is 5.88. The summed E-state index contributed by atoms with van der Waals surface area (Å²) in [5.74, 6) is 0.194. The number of aliphatic hydroxyl groups excluding tert-OH is 1. The fraction of sp³-hybridized carbons (Fsp3) is 1.00. The molecule has 2 unspecified atom stereocenters. The normalized spacial score (nSPS) is 25.9. The molecule has 5 heteroatoms. The van der Waals surface area contributed by atoms with Crippen LogP contribution in [0.4, 0.5) is 0 Å². The van der Waals surface area contributed by atoms with Crippen molar-refractivity contribution < 1.29 is 9.84 Å². The zero-order chi connectivity index (χ0) is 8.81. The fourth-order valence-electron chi connectivity index (χ4n) is 1.42. The second-order valence-electron chi connectivity index (χ2n) is 2.93. The van der Waals surface area contributed by atoms with Crippen LogP contribution < -0.4 is 0 Å². The van der Waals surface area contributed by atoms with Crippen LogP contribution in [0.1, 0.15) is 12.8 Å². The predicted octanol–water partition coefficient (Wildman–Crippen LogP) is 1.08. The number of hydrogen-bond donors (Lipinski definition) is 1. The molecule has 68 valence electrons. The Balaban J connectivity index is 2.45. The SMILES string of the molecule is [N-]=[N+]=NC(CO)C1CCCOC1. The lowest BCUT2D eigenvalue weighted by Gasteiger charge is -2.25. The summed E-state index contributed by atoms with van der Waals surface area (Å²) in [7, 11) is 0. The monoisotopic (exact) mass is 171 g/mol. The molecule has 1 saturated heterocycles. The Morgan fingerprint density at radius 3 is 3.08 bits per heavy atom. The van der Waals surface area contributed by atoms with E-state index in [0.29, 0.717) is 6.61 Å². The average Bonchev–Trinajstić information content (AvgIpc) is 2.15. The molecule has 0 aromatic rings. The highest BCUT2D eigenvalue weighted by Crippen LogP contribution is 2.19. The molecule has 1 fully saturated rings. The van der Waals surface area contributed by atoms with Gasteiger partial charge in [0.25, 0.3) is 0 Å². The maximum absolute atomic E-state index is 8.89. The first-order valence-corrected chi connectivity index (χ1v) is 4.11. The van der Waals surface area contributed by atoms with Gasteiger partial charge in [-0.3, -0.25) is 0 Å². The summed E-state index contributed by atoms with van der Waals surface area (Å²) in [5.41, 5.74) is 8.20. The Morgan fingerprint density at radius 1 is 1.75 bits per heavy atom. The highest BCUT2D eigenvalue weighted by Gasteiger charge is 2.22.